The summed E-state index contributed by atoms with van der Waals surface area (Å²) in [5.41, 5.74) is 2.68. The van der Waals surface area contributed by atoms with Crippen LogP contribution in [0.2, 0.25) is 0 Å². The number of carbonyl (C=O) groups excluding carboxylic acids is 1. The monoisotopic (exact) mass is 420 g/mol. The van der Waals surface area contributed by atoms with E-state index in [4.69, 9.17) is 14.1 Å². The average molecular weight is 421 g/mol. The zero-order chi connectivity index (χ0) is 21.6. The van der Waals surface area contributed by atoms with Gasteiger partial charge in [0.15, 0.2) is 0 Å². The summed E-state index contributed by atoms with van der Waals surface area (Å²) < 4.78 is 11.4. The van der Waals surface area contributed by atoms with E-state index in [0.717, 1.165) is 41.5 Å². The van der Waals surface area contributed by atoms with Crippen LogP contribution in [0.3, 0.4) is 0 Å². The van der Waals surface area contributed by atoms with Crippen molar-refractivity contribution in [1.82, 2.24) is 14.8 Å². The SMILES string of the molecule is CCOc1ccc(-c2nc(CN3CCN(C(=O)Nc4ccccc4)CC3)c(C)o2)cc1. The topological polar surface area (TPSA) is 70.8 Å². The third-order valence-corrected chi connectivity index (χ3v) is 5.36. The van der Waals surface area contributed by atoms with Gasteiger partial charge >= 0.3 is 6.03 Å². The molecule has 4 rings (SSSR count). The van der Waals surface area contributed by atoms with Crippen LogP contribution >= 0.6 is 0 Å². The molecule has 0 radical (unpaired) electrons. The Hall–Kier alpha value is -3.32. The summed E-state index contributed by atoms with van der Waals surface area (Å²) in [6.07, 6.45) is 0. The molecule has 1 aliphatic heterocycles. The molecule has 7 heteroatoms. The lowest BCUT2D eigenvalue weighted by atomic mass is 10.2. The van der Waals surface area contributed by atoms with E-state index >= 15 is 0 Å². The van der Waals surface area contributed by atoms with Crippen LogP contribution in [0.25, 0.3) is 11.5 Å². The van der Waals surface area contributed by atoms with Crippen molar-refractivity contribution >= 4 is 11.7 Å². The van der Waals surface area contributed by atoms with E-state index in [1.165, 1.54) is 0 Å². The second-order valence-corrected chi connectivity index (χ2v) is 7.54. The molecule has 2 amide bonds. The fourth-order valence-corrected chi connectivity index (χ4v) is 3.60. The fourth-order valence-electron chi connectivity index (χ4n) is 3.60. The maximum absolute atomic E-state index is 12.5. The van der Waals surface area contributed by atoms with Gasteiger partial charge in [-0.3, -0.25) is 4.90 Å². The van der Waals surface area contributed by atoms with Gasteiger partial charge in [0.2, 0.25) is 5.89 Å². The number of nitrogens with one attached hydrogen (secondary N) is 1. The van der Waals surface area contributed by atoms with E-state index in [-0.39, 0.29) is 6.03 Å². The molecule has 162 valence electrons. The predicted octanol–water partition coefficient (Wildman–Crippen LogP) is 4.40. The van der Waals surface area contributed by atoms with Gasteiger partial charge in [-0.25, -0.2) is 9.78 Å². The number of carbonyl (C=O) groups is 1. The van der Waals surface area contributed by atoms with Crippen molar-refractivity contribution in [2.45, 2.75) is 20.4 Å². The Morgan fingerprint density at radius 2 is 1.77 bits per heavy atom. The molecule has 0 bridgehead atoms. The van der Waals surface area contributed by atoms with E-state index in [1.807, 2.05) is 73.3 Å². The smallest absolute Gasteiger partial charge is 0.321 e. The molecule has 0 saturated carbocycles. The van der Waals surface area contributed by atoms with Crippen molar-refractivity contribution < 1.29 is 13.9 Å². The van der Waals surface area contributed by atoms with Crippen molar-refractivity contribution in [3.63, 3.8) is 0 Å². The number of amides is 2. The highest BCUT2D eigenvalue weighted by atomic mass is 16.5. The largest absolute Gasteiger partial charge is 0.494 e. The van der Waals surface area contributed by atoms with E-state index in [9.17, 15) is 4.79 Å². The normalized spacial score (nSPS) is 14.5. The number of aryl methyl sites for hydroxylation is 1. The maximum atomic E-state index is 12.5. The Morgan fingerprint density at radius 3 is 2.45 bits per heavy atom. The molecule has 2 aromatic carbocycles. The lowest BCUT2D eigenvalue weighted by Crippen LogP contribution is -2.49. The van der Waals surface area contributed by atoms with Crippen LogP contribution in [0.5, 0.6) is 5.75 Å². The van der Waals surface area contributed by atoms with Crippen molar-refractivity contribution in [2.75, 3.05) is 38.1 Å². The predicted molar refractivity (Wildman–Crippen MR) is 120 cm³/mol. The number of aromatic nitrogens is 1. The molecule has 3 aromatic rings. The van der Waals surface area contributed by atoms with Crippen LogP contribution in [-0.2, 0) is 6.54 Å². The fraction of sp³-hybridized carbons (Fsp3) is 0.333. The Labute approximate surface area is 182 Å². The Balaban J connectivity index is 1.32. The number of nitrogens with zero attached hydrogens (tertiary/aromatic N) is 3. The second-order valence-electron chi connectivity index (χ2n) is 7.54. The molecular weight excluding hydrogens is 392 g/mol. The summed E-state index contributed by atoms with van der Waals surface area (Å²) in [5.74, 6) is 2.29. The number of rotatable bonds is 6. The lowest BCUT2D eigenvalue weighted by molar-refractivity contribution is 0.141. The Kier molecular flexibility index (Phi) is 6.52. The van der Waals surface area contributed by atoms with Crippen molar-refractivity contribution in [1.29, 1.82) is 0 Å². The minimum Gasteiger partial charge on any atom is -0.494 e. The first-order chi connectivity index (χ1) is 15.1. The zero-order valence-corrected chi connectivity index (χ0v) is 18.0. The van der Waals surface area contributed by atoms with Crippen LogP contribution in [0, 0.1) is 6.92 Å². The molecule has 0 aliphatic carbocycles. The summed E-state index contributed by atoms with van der Waals surface area (Å²) in [7, 11) is 0. The minimum absolute atomic E-state index is 0.0544. The lowest BCUT2D eigenvalue weighted by Gasteiger charge is -2.34. The summed E-state index contributed by atoms with van der Waals surface area (Å²) in [4.78, 5) is 21.3. The molecule has 1 N–H and O–H groups in total. The van der Waals surface area contributed by atoms with Gasteiger partial charge in [-0.1, -0.05) is 18.2 Å². The number of para-hydroxylation sites is 1. The van der Waals surface area contributed by atoms with Gasteiger partial charge in [0.1, 0.15) is 11.5 Å². The van der Waals surface area contributed by atoms with Crippen LogP contribution in [-0.4, -0.2) is 53.6 Å². The van der Waals surface area contributed by atoms with Gasteiger partial charge in [-0.2, -0.15) is 0 Å². The first kappa shape index (κ1) is 20.9. The van der Waals surface area contributed by atoms with Crippen molar-refractivity contribution in [2.24, 2.45) is 0 Å². The molecule has 1 saturated heterocycles. The van der Waals surface area contributed by atoms with Gasteiger partial charge < -0.3 is 19.4 Å². The van der Waals surface area contributed by atoms with E-state index < -0.39 is 0 Å². The highest BCUT2D eigenvalue weighted by Crippen LogP contribution is 2.25. The molecule has 1 aromatic heterocycles. The van der Waals surface area contributed by atoms with Crippen LogP contribution < -0.4 is 10.1 Å². The minimum atomic E-state index is -0.0544. The van der Waals surface area contributed by atoms with E-state index in [0.29, 0.717) is 32.1 Å². The molecule has 0 unspecified atom stereocenters. The average Bonchev–Trinajstić information content (AvgIpc) is 3.16. The van der Waals surface area contributed by atoms with Gasteiger partial charge in [-0.05, 0) is 50.2 Å². The first-order valence-corrected chi connectivity index (χ1v) is 10.6. The number of oxazole rings is 1. The van der Waals surface area contributed by atoms with Gasteiger partial charge in [0.25, 0.3) is 0 Å². The maximum Gasteiger partial charge on any atom is 0.321 e. The van der Waals surface area contributed by atoms with E-state index in [1.54, 1.807) is 0 Å². The zero-order valence-electron chi connectivity index (χ0n) is 18.0. The molecule has 1 fully saturated rings. The molecule has 0 atom stereocenters. The standard InChI is InChI=1S/C24H28N4O3/c1-3-30-21-11-9-19(10-12-21)23-26-22(18(2)31-23)17-27-13-15-28(16-14-27)24(29)25-20-7-5-4-6-8-20/h4-12H,3,13-17H2,1-2H3,(H,25,29). The molecule has 1 aliphatic rings. The van der Waals surface area contributed by atoms with Gasteiger partial charge in [0.05, 0.1) is 12.3 Å². The number of urea groups is 1. The first-order valence-electron chi connectivity index (χ1n) is 10.6. The number of hydrogen-bond acceptors (Lipinski definition) is 5. The molecule has 7 nitrogen and oxygen atoms in total. The second kappa shape index (κ2) is 9.66. The number of benzene rings is 2. The summed E-state index contributed by atoms with van der Waals surface area (Å²) in [6.45, 7) is 8.23. The summed E-state index contributed by atoms with van der Waals surface area (Å²) in [6, 6.07) is 17.3. The van der Waals surface area contributed by atoms with Crippen LogP contribution in [0.15, 0.2) is 59.0 Å². The molecule has 0 spiro atoms. The highest BCUT2D eigenvalue weighted by Gasteiger charge is 2.23. The molecule has 31 heavy (non-hydrogen) atoms. The van der Waals surface area contributed by atoms with Crippen molar-refractivity contribution in [3.05, 3.63) is 66.1 Å². The number of ether oxygens (including phenoxy) is 1. The molecular formula is C24H28N4O3. The van der Waals surface area contributed by atoms with E-state index in [2.05, 4.69) is 10.2 Å². The van der Waals surface area contributed by atoms with Crippen molar-refractivity contribution in [3.8, 4) is 17.2 Å². The Morgan fingerprint density at radius 1 is 1.06 bits per heavy atom. The third-order valence-electron chi connectivity index (χ3n) is 5.36. The molecule has 2 heterocycles. The number of anilines is 1. The number of hydrogen-bond donors (Lipinski definition) is 1. The number of piperazine rings is 1. The van der Waals surface area contributed by atoms with Gasteiger partial charge in [0, 0.05) is 44.0 Å². The quantitative estimate of drug-likeness (QED) is 0.640. The van der Waals surface area contributed by atoms with Gasteiger partial charge in [-0.15, -0.1) is 0 Å². The van der Waals surface area contributed by atoms with Crippen LogP contribution in [0.1, 0.15) is 18.4 Å². The Bertz CT molecular complexity index is 993. The highest BCUT2D eigenvalue weighted by molar-refractivity contribution is 5.89. The third kappa shape index (κ3) is 5.24. The summed E-state index contributed by atoms with van der Waals surface area (Å²) in [5, 5.41) is 2.95. The van der Waals surface area contributed by atoms with Crippen LogP contribution in [0.4, 0.5) is 10.5 Å². The summed E-state index contributed by atoms with van der Waals surface area (Å²) >= 11 is 0.